The van der Waals surface area contributed by atoms with E-state index in [-0.39, 0.29) is 26.7 Å². The van der Waals surface area contributed by atoms with Crippen molar-refractivity contribution >= 4 is 23.2 Å². The molecule has 0 amide bonds. The molecular weight excluding hydrogens is 284 g/mol. The van der Waals surface area contributed by atoms with E-state index in [4.69, 9.17) is 23.2 Å². The van der Waals surface area contributed by atoms with Crippen molar-refractivity contribution in [3.05, 3.63) is 57.8 Å². The summed E-state index contributed by atoms with van der Waals surface area (Å²) in [5.41, 5.74) is -0.314. The van der Waals surface area contributed by atoms with E-state index in [0.717, 1.165) is 6.07 Å². The van der Waals surface area contributed by atoms with Gasteiger partial charge in [-0.15, -0.1) is 0 Å². The normalized spacial score (nSPS) is 11.0. The van der Waals surface area contributed by atoms with Gasteiger partial charge in [0.25, 0.3) is 6.43 Å². The van der Waals surface area contributed by atoms with E-state index >= 15 is 0 Å². The third-order valence-electron chi connectivity index (χ3n) is 2.43. The first-order valence-corrected chi connectivity index (χ1v) is 5.77. The smallest absolute Gasteiger partial charge is 0.206 e. The van der Waals surface area contributed by atoms with E-state index in [9.17, 15) is 13.2 Å². The Kier molecular flexibility index (Phi) is 3.83. The second-order valence-corrected chi connectivity index (χ2v) is 4.54. The highest BCUT2D eigenvalue weighted by Crippen LogP contribution is 2.35. The number of alkyl halides is 2. The SMILES string of the molecule is Fc1cccc(C(F)F)c1-c1cc(Cl)cc(Cl)c1. The Morgan fingerprint density at radius 1 is 0.944 bits per heavy atom. The molecule has 0 aliphatic carbocycles. The largest absolute Gasteiger partial charge is 0.264 e. The molecular formula is C13H7Cl2F3. The number of benzene rings is 2. The van der Waals surface area contributed by atoms with Crippen LogP contribution in [0.3, 0.4) is 0 Å². The number of rotatable bonds is 2. The lowest BCUT2D eigenvalue weighted by Crippen LogP contribution is -1.94. The molecule has 2 aromatic rings. The van der Waals surface area contributed by atoms with Crippen molar-refractivity contribution in [3.8, 4) is 11.1 Å². The van der Waals surface area contributed by atoms with Crippen LogP contribution in [0.1, 0.15) is 12.0 Å². The van der Waals surface area contributed by atoms with Crippen LogP contribution in [0.15, 0.2) is 36.4 Å². The minimum atomic E-state index is -2.77. The molecule has 2 rings (SSSR count). The van der Waals surface area contributed by atoms with Crippen LogP contribution in [0.2, 0.25) is 10.0 Å². The maximum atomic E-state index is 13.7. The molecule has 0 heterocycles. The van der Waals surface area contributed by atoms with Gasteiger partial charge < -0.3 is 0 Å². The second kappa shape index (κ2) is 5.21. The molecule has 0 aliphatic heterocycles. The molecule has 0 spiro atoms. The van der Waals surface area contributed by atoms with Crippen molar-refractivity contribution in [2.75, 3.05) is 0 Å². The molecule has 0 atom stereocenters. The van der Waals surface area contributed by atoms with Crippen molar-refractivity contribution in [2.45, 2.75) is 6.43 Å². The lowest BCUT2D eigenvalue weighted by Gasteiger charge is -2.11. The van der Waals surface area contributed by atoms with Gasteiger partial charge >= 0.3 is 0 Å². The number of hydrogen-bond acceptors (Lipinski definition) is 0. The molecule has 0 saturated carbocycles. The lowest BCUT2D eigenvalue weighted by molar-refractivity contribution is 0.151. The first kappa shape index (κ1) is 13.2. The van der Waals surface area contributed by atoms with Crippen LogP contribution in [0, 0.1) is 5.82 Å². The van der Waals surface area contributed by atoms with E-state index in [1.165, 1.54) is 30.3 Å². The van der Waals surface area contributed by atoms with E-state index in [0.29, 0.717) is 0 Å². The summed E-state index contributed by atoms with van der Waals surface area (Å²) in [7, 11) is 0. The Balaban J connectivity index is 2.69. The van der Waals surface area contributed by atoms with E-state index in [1.807, 2.05) is 0 Å². The molecule has 5 heteroatoms. The quantitative estimate of drug-likeness (QED) is 0.662. The Labute approximate surface area is 112 Å². The van der Waals surface area contributed by atoms with E-state index in [2.05, 4.69) is 0 Å². The molecule has 94 valence electrons. The zero-order valence-electron chi connectivity index (χ0n) is 8.93. The fourth-order valence-electron chi connectivity index (χ4n) is 1.73. The van der Waals surface area contributed by atoms with Gasteiger partial charge in [0.15, 0.2) is 0 Å². The molecule has 18 heavy (non-hydrogen) atoms. The Hall–Kier alpha value is -1.19. The maximum absolute atomic E-state index is 13.7. The summed E-state index contributed by atoms with van der Waals surface area (Å²) in [6.45, 7) is 0. The molecule has 0 aliphatic rings. The van der Waals surface area contributed by atoms with Crippen molar-refractivity contribution < 1.29 is 13.2 Å². The van der Waals surface area contributed by atoms with Crippen LogP contribution >= 0.6 is 23.2 Å². The van der Waals surface area contributed by atoms with Crippen LogP contribution in [0.25, 0.3) is 11.1 Å². The van der Waals surface area contributed by atoms with Crippen molar-refractivity contribution in [1.82, 2.24) is 0 Å². The zero-order chi connectivity index (χ0) is 13.3. The summed E-state index contributed by atoms with van der Waals surface area (Å²) in [6, 6.07) is 7.80. The Bertz CT molecular complexity index is 562. The van der Waals surface area contributed by atoms with Crippen molar-refractivity contribution in [2.24, 2.45) is 0 Å². The topological polar surface area (TPSA) is 0 Å². The second-order valence-electron chi connectivity index (χ2n) is 3.66. The van der Waals surface area contributed by atoms with E-state index < -0.39 is 12.2 Å². The maximum Gasteiger partial charge on any atom is 0.264 e. The van der Waals surface area contributed by atoms with Crippen LogP contribution in [0.4, 0.5) is 13.2 Å². The van der Waals surface area contributed by atoms with Gasteiger partial charge in [-0.05, 0) is 29.8 Å². The average Bonchev–Trinajstić information content (AvgIpc) is 2.26. The van der Waals surface area contributed by atoms with Crippen molar-refractivity contribution in [1.29, 1.82) is 0 Å². The number of halogens is 5. The molecule has 0 N–H and O–H groups in total. The molecule has 0 saturated heterocycles. The van der Waals surface area contributed by atoms with Crippen LogP contribution in [-0.2, 0) is 0 Å². The van der Waals surface area contributed by atoms with Gasteiger partial charge in [-0.25, -0.2) is 13.2 Å². The molecule has 0 fully saturated rings. The molecule has 0 aromatic heterocycles. The highest BCUT2D eigenvalue weighted by molar-refractivity contribution is 6.35. The highest BCUT2D eigenvalue weighted by Gasteiger charge is 2.18. The molecule has 0 nitrogen and oxygen atoms in total. The summed E-state index contributed by atoms with van der Waals surface area (Å²) in [6.07, 6.45) is -2.77. The van der Waals surface area contributed by atoms with Crippen molar-refractivity contribution in [3.63, 3.8) is 0 Å². The van der Waals surface area contributed by atoms with Gasteiger partial charge in [-0.1, -0.05) is 35.3 Å². The van der Waals surface area contributed by atoms with Gasteiger partial charge in [-0.2, -0.15) is 0 Å². The molecule has 0 unspecified atom stereocenters. The third kappa shape index (κ3) is 2.62. The highest BCUT2D eigenvalue weighted by atomic mass is 35.5. The monoisotopic (exact) mass is 290 g/mol. The summed E-state index contributed by atoms with van der Waals surface area (Å²) in [5, 5.41) is 0.530. The predicted octanol–water partition coefficient (Wildman–Crippen LogP) is 5.74. The Morgan fingerprint density at radius 2 is 1.56 bits per heavy atom. The lowest BCUT2D eigenvalue weighted by atomic mass is 9.99. The Morgan fingerprint density at radius 3 is 2.11 bits per heavy atom. The van der Waals surface area contributed by atoms with E-state index in [1.54, 1.807) is 0 Å². The fraction of sp³-hybridized carbons (Fsp3) is 0.0769. The predicted molar refractivity (Wildman–Crippen MR) is 66.8 cm³/mol. The number of hydrogen-bond donors (Lipinski definition) is 0. The van der Waals surface area contributed by atoms with Gasteiger partial charge in [0.05, 0.1) is 0 Å². The molecule has 0 radical (unpaired) electrons. The third-order valence-corrected chi connectivity index (χ3v) is 2.87. The fourth-order valence-corrected chi connectivity index (χ4v) is 2.25. The van der Waals surface area contributed by atoms with Gasteiger partial charge in [0.1, 0.15) is 5.82 Å². The van der Waals surface area contributed by atoms with Crippen LogP contribution < -0.4 is 0 Å². The first-order chi connectivity index (χ1) is 8.49. The minimum Gasteiger partial charge on any atom is -0.206 e. The first-order valence-electron chi connectivity index (χ1n) is 5.02. The average molecular weight is 291 g/mol. The van der Waals surface area contributed by atoms with Gasteiger partial charge in [-0.3, -0.25) is 0 Å². The summed E-state index contributed by atoms with van der Waals surface area (Å²) in [5.74, 6) is -0.730. The van der Waals surface area contributed by atoms with Gasteiger partial charge in [0.2, 0.25) is 0 Å². The summed E-state index contributed by atoms with van der Waals surface area (Å²) < 4.78 is 39.5. The standard InChI is InChI=1S/C13H7Cl2F3/c14-8-4-7(5-9(15)6-8)12-10(13(17)18)2-1-3-11(12)16/h1-6,13H. The minimum absolute atomic E-state index is 0.170. The van der Waals surface area contributed by atoms with Crippen LogP contribution in [0.5, 0.6) is 0 Å². The molecule has 0 bridgehead atoms. The summed E-state index contributed by atoms with van der Waals surface area (Å²) >= 11 is 11.6. The summed E-state index contributed by atoms with van der Waals surface area (Å²) in [4.78, 5) is 0. The van der Waals surface area contributed by atoms with Gasteiger partial charge in [0, 0.05) is 21.2 Å². The van der Waals surface area contributed by atoms with Crippen LogP contribution in [-0.4, -0.2) is 0 Å². The molecule has 2 aromatic carbocycles. The zero-order valence-corrected chi connectivity index (χ0v) is 10.4.